The summed E-state index contributed by atoms with van der Waals surface area (Å²) in [5.41, 5.74) is 1.25. The van der Waals surface area contributed by atoms with Crippen molar-refractivity contribution < 1.29 is 14.3 Å². The first-order chi connectivity index (χ1) is 10.0. The fourth-order valence-corrected chi connectivity index (χ4v) is 1.89. The van der Waals surface area contributed by atoms with Gasteiger partial charge in [-0.25, -0.2) is 0 Å². The van der Waals surface area contributed by atoms with Crippen LogP contribution >= 0.6 is 0 Å². The lowest BCUT2D eigenvalue weighted by atomic mass is 10.1. The van der Waals surface area contributed by atoms with Crippen molar-refractivity contribution in [2.24, 2.45) is 0 Å². The highest BCUT2D eigenvalue weighted by atomic mass is 16.6. The molecule has 110 valence electrons. The molecule has 2 aromatic rings. The van der Waals surface area contributed by atoms with Crippen LogP contribution in [0.3, 0.4) is 0 Å². The molecule has 0 aliphatic heterocycles. The lowest BCUT2D eigenvalue weighted by molar-refractivity contribution is -0.402. The molecule has 0 bridgehead atoms. The Morgan fingerprint density at radius 1 is 1.14 bits per heavy atom. The Labute approximate surface area is 119 Å². The molecule has 2 rings (SSSR count). The van der Waals surface area contributed by atoms with Crippen molar-refractivity contribution >= 4 is 17.3 Å². The molecule has 0 saturated carbocycles. The summed E-state index contributed by atoms with van der Waals surface area (Å²) in [4.78, 5) is 20.4. The Morgan fingerprint density at radius 2 is 1.90 bits per heavy atom. The molecule has 0 atom stereocenters. The Hall–Kier alpha value is -2.90. The van der Waals surface area contributed by atoms with Gasteiger partial charge in [-0.2, -0.15) is 0 Å². The monoisotopic (exact) mass is 291 g/mol. The number of furan rings is 1. The zero-order chi connectivity index (χ0) is 15.4. The van der Waals surface area contributed by atoms with Crippen molar-refractivity contribution in [1.82, 2.24) is 0 Å². The maximum absolute atomic E-state index is 11.0. The second-order valence-electron chi connectivity index (χ2n) is 4.30. The molecule has 8 heteroatoms. The largest absolute Gasteiger partial charge is 0.433 e. The fraction of sp³-hybridized carbons (Fsp3) is 0.231. The van der Waals surface area contributed by atoms with E-state index in [2.05, 4.69) is 5.32 Å². The summed E-state index contributed by atoms with van der Waals surface area (Å²) in [5.74, 6) is 0.0445. The first-order valence-electron chi connectivity index (χ1n) is 6.25. The molecular weight excluding hydrogens is 278 g/mol. The van der Waals surface area contributed by atoms with Gasteiger partial charge in [-0.05, 0) is 18.6 Å². The van der Waals surface area contributed by atoms with Crippen molar-refractivity contribution in [3.05, 3.63) is 61.9 Å². The summed E-state index contributed by atoms with van der Waals surface area (Å²) < 4.78 is 4.99. The van der Waals surface area contributed by atoms with E-state index in [4.69, 9.17) is 4.42 Å². The van der Waals surface area contributed by atoms with E-state index in [1.165, 1.54) is 18.2 Å². The maximum Gasteiger partial charge on any atom is 0.433 e. The van der Waals surface area contributed by atoms with Crippen LogP contribution in [0.15, 0.2) is 34.7 Å². The van der Waals surface area contributed by atoms with Crippen molar-refractivity contribution in [3.8, 4) is 0 Å². The molecule has 8 nitrogen and oxygen atoms in total. The zero-order valence-corrected chi connectivity index (χ0v) is 11.2. The van der Waals surface area contributed by atoms with Crippen molar-refractivity contribution in [3.63, 3.8) is 0 Å². The first kappa shape index (κ1) is 14.5. The molecule has 1 heterocycles. The number of benzene rings is 1. The third kappa shape index (κ3) is 3.35. The minimum Gasteiger partial charge on any atom is -0.404 e. The van der Waals surface area contributed by atoms with Crippen LogP contribution in [-0.4, -0.2) is 9.85 Å². The Balaban J connectivity index is 2.10. The molecular formula is C13H13N3O5. The highest BCUT2D eigenvalue weighted by Gasteiger charge is 2.14. The number of nitro groups is 2. The lowest BCUT2D eigenvalue weighted by Gasteiger charge is -2.06. The van der Waals surface area contributed by atoms with E-state index in [0.29, 0.717) is 23.4 Å². The predicted octanol–water partition coefficient (Wildman–Crippen LogP) is 3.27. The van der Waals surface area contributed by atoms with Gasteiger partial charge in [0.25, 0.3) is 5.69 Å². The Morgan fingerprint density at radius 3 is 2.48 bits per heavy atom. The van der Waals surface area contributed by atoms with Crippen LogP contribution < -0.4 is 5.32 Å². The van der Waals surface area contributed by atoms with Gasteiger partial charge in [-0.1, -0.05) is 13.0 Å². The van der Waals surface area contributed by atoms with Crippen LogP contribution in [0.2, 0.25) is 0 Å². The average molecular weight is 291 g/mol. The van der Waals surface area contributed by atoms with Crippen molar-refractivity contribution in [1.29, 1.82) is 0 Å². The van der Waals surface area contributed by atoms with Gasteiger partial charge in [-0.3, -0.25) is 20.2 Å². The molecule has 0 aliphatic rings. The van der Waals surface area contributed by atoms with E-state index in [9.17, 15) is 20.2 Å². The van der Waals surface area contributed by atoms with E-state index in [0.717, 1.165) is 0 Å². The molecule has 0 radical (unpaired) electrons. The summed E-state index contributed by atoms with van der Waals surface area (Å²) in [5, 5.41) is 24.4. The summed E-state index contributed by atoms with van der Waals surface area (Å²) in [7, 11) is 0. The van der Waals surface area contributed by atoms with E-state index in [1.54, 1.807) is 12.1 Å². The number of aryl methyl sites for hydroxylation is 1. The topological polar surface area (TPSA) is 111 Å². The normalized spacial score (nSPS) is 10.3. The Kier molecular flexibility index (Phi) is 4.17. The number of rotatable bonds is 6. The molecule has 0 unspecified atom stereocenters. The van der Waals surface area contributed by atoms with Crippen LogP contribution in [0, 0.1) is 20.2 Å². The lowest BCUT2D eigenvalue weighted by Crippen LogP contribution is -2.01. The predicted molar refractivity (Wildman–Crippen MR) is 75.2 cm³/mol. The van der Waals surface area contributed by atoms with E-state index >= 15 is 0 Å². The van der Waals surface area contributed by atoms with Gasteiger partial charge in [0.05, 0.1) is 17.5 Å². The van der Waals surface area contributed by atoms with E-state index < -0.39 is 9.85 Å². The van der Waals surface area contributed by atoms with Gasteiger partial charge in [-0.15, -0.1) is 0 Å². The second kappa shape index (κ2) is 6.04. The molecule has 1 N–H and O–H groups in total. The average Bonchev–Trinajstić information content (AvgIpc) is 2.94. The van der Waals surface area contributed by atoms with Crippen LogP contribution in [0.5, 0.6) is 0 Å². The number of anilines is 1. The van der Waals surface area contributed by atoms with Gasteiger partial charge in [0, 0.05) is 17.3 Å². The summed E-state index contributed by atoms with van der Waals surface area (Å²) in [6.45, 7) is 2.05. The molecule has 0 fully saturated rings. The number of hydrogen-bond acceptors (Lipinski definition) is 6. The highest BCUT2D eigenvalue weighted by Crippen LogP contribution is 2.24. The van der Waals surface area contributed by atoms with E-state index in [-0.39, 0.29) is 18.1 Å². The number of nitrogens with one attached hydrogen (secondary N) is 1. The maximum atomic E-state index is 11.0. The van der Waals surface area contributed by atoms with Crippen molar-refractivity contribution in [2.75, 3.05) is 5.32 Å². The highest BCUT2D eigenvalue weighted by molar-refractivity contribution is 5.55. The number of nitrogens with zero attached hydrogens (tertiary/aromatic N) is 2. The number of hydrogen-bond donors (Lipinski definition) is 1. The molecule has 21 heavy (non-hydrogen) atoms. The van der Waals surface area contributed by atoms with Gasteiger partial charge in [0.2, 0.25) is 0 Å². The molecule has 1 aromatic carbocycles. The third-order valence-corrected chi connectivity index (χ3v) is 2.96. The molecule has 1 aromatic heterocycles. The van der Waals surface area contributed by atoms with Crippen LogP contribution in [-0.2, 0) is 13.0 Å². The first-order valence-corrected chi connectivity index (χ1v) is 6.25. The summed E-state index contributed by atoms with van der Waals surface area (Å²) >= 11 is 0. The minimum atomic E-state index is -0.621. The van der Waals surface area contributed by atoms with E-state index in [1.807, 2.05) is 6.92 Å². The fourth-order valence-electron chi connectivity index (χ4n) is 1.89. The minimum absolute atomic E-state index is 0.0490. The number of nitro benzene ring substituents is 1. The van der Waals surface area contributed by atoms with Gasteiger partial charge >= 0.3 is 5.88 Å². The molecule has 0 saturated heterocycles. The summed E-state index contributed by atoms with van der Waals surface area (Å²) in [6.07, 6.45) is 0.570. The van der Waals surface area contributed by atoms with Crippen LogP contribution in [0.1, 0.15) is 18.2 Å². The smallest absolute Gasteiger partial charge is 0.404 e. The van der Waals surface area contributed by atoms with Gasteiger partial charge in [0.15, 0.2) is 0 Å². The quantitative estimate of drug-likeness (QED) is 0.645. The molecule has 0 aliphatic carbocycles. The zero-order valence-electron chi connectivity index (χ0n) is 11.2. The van der Waals surface area contributed by atoms with Crippen molar-refractivity contribution in [2.45, 2.75) is 19.9 Å². The van der Waals surface area contributed by atoms with Crippen LogP contribution in [0.4, 0.5) is 17.3 Å². The SMILES string of the molecule is CCc1ccc(NCc2ccc([N+](=O)[O-])o2)cc1[N+](=O)[O-]. The molecule has 0 spiro atoms. The Bertz CT molecular complexity index is 680. The summed E-state index contributed by atoms with van der Waals surface area (Å²) in [6, 6.07) is 7.60. The second-order valence-corrected chi connectivity index (χ2v) is 4.30. The standard InChI is InChI=1S/C13H13N3O5/c1-2-9-3-4-10(7-12(9)15(17)18)14-8-11-5-6-13(21-11)16(19)20/h3-7,14H,2,8H2,1H3. The molecule has 0 amide bonds. The van der Waals surface area contributed by atoms with Crippen LogP contribution in [0.25, 0.3) is 0 Å². The van der Waals surface area contributed by atoms with Gasteiger partial charge in [0.1, 0.15) is 10.7 Å². The third-order valence-electron chi connectivity index (χ3n) is 2.96. The van der Waals surface area contributed by atoms with Gasteiger partial charge < -0.3 is 9.73 Å².